The molecule has 0 saturated carbocycles. The monoisotopic (exact) mass is 206 g/mol. The lowest BCUT2D eigenvalue weighted by Crippen LogP contribution is -2.48. The van der Waals surface area contributed by atoms with E-state index in [0.717, 1.165) is 18.7 Å². The predicted molar refractivity (Wildman–Crippen MR) is 56.9 cm³/mol. The molecule has 0 aromatic heterocycles. The van der Waals surface area contributed by atoms with E-state index in [1.54, 1.807) is 6.92 Å². The number of hydrogen-bond donors (Lipinski definition) is 0. The van der Waals surface area contributed by atoms with Gasteiger partial charge in [-0.2, -0.15) is 0 Å². The minimum absolute atomic E-state index is 0.657. The van der Waals surface area contributed by atoms with Crippen molar-refractivity contribution in [3.05, 3.63) is 35.9 Å². The molecule has 0 amide bonds. The molecule has 1 fully saturated rings. The summed E-state index contributed by atoms with van der Waals surface area (Å²) >= 11 is 0. The number of benzene rings is 1. The van der Waals surface area contributed by atoms with Gasteiger partial charge >= 0.3 is 0 Å². The maximum Gasteiger partial charge on any atom is 0.179 e. The maximum absolute atomic E-state index is 12.5. The van der Waals surface area contributed by atoms with E-state index < -0.39 is 5.72 Å². The topological polar surface area (TPSA) is 32.4 Å². The smallest absolute Gasteiger partial charge is 0.179 e. The Kier molecular flexibility index (Phi) is 3.05. The van der Waals surface area contributed by atoms with Crippen molar-refractivity contribution in [3.8, 4) is 0 Å². The van der Waals surface area contributed by atoms with Crippen molar-refractivity contribution >= 4 is 0 Å². The molecule has 2 rings (SSSR count). The number of hydrogen-bond acceptors (Lipinski definition) is 2. The zero-order valence-electron chi connectivity index (χ0n) is 8.98. The molecule has 3 heteroatoms. The first-order valence-electron chi connectivity index (χ1n) is 5.30. The quantitative estimate of drug-likeness (QED) is 0.736. The van der Waals surface area contributed by atoms with Gasteiger partial charge in [0.25, 0.3) is 0 Å². The average Bonchev–Trinajstić information content (AvgIpc) is 2.31. The van der Waals surface area contributed by atoms with E-state index in [4.69, 9.17) is 4.74 Å². The van der Waals surface area contributed by atoms with Gasteiger partial charge in [0.15, 0.2) is 5.72 Å². The SMILES string of the molecule is CC([O])(c1ccccc1)N1CCOCC1. The summed E-state index contributed by atoms with van der Waals surface area (Å²) in [5.41, 5.74) is -0.308. The minimum atomic E-state index is -1.13. The zero-order chi connectivity index (χ0) is 10.7. The van der Waals surface area contributed by atoms with Crippen LogP contribution in [0.5, 0.6) is 0 Å². The first kappa shape index (κ1) is 10.6. The number of nitrogens with zero attached hydrogens (tertiary/aromatic N) is 1. The summed E-state index contributed by atoms with van der Waals surface area (Å²) in [7, 11) is 0. The van der Waals surface area contributed by atoms with Crippen LogP contribution in [-0.4, -0.2) is 31.2 Å². The van der Waals surface area contributed by atoms with E-state index in [9.17, 15) is 5.11 Å². The first-order chi connectivity index (χ1) is 7.21. The van der Waals surface area contributed by atoms with Crippen molar-refractivity contribution in [1.82, 2.24) is 4.90 Å². The van der Waals surface area contributed by atoms with E-state index >= 15 is 0 Å². The molecule has 0 aliphatic carbocycles. The fourth-order valence-electron chi connectivity index (χ4n) is 1.92. The van der Waals surface area contributed by atoms with Gasteiger partial charge < -0.3 is 4.74 Å². The molecule has 15 heavy (non-hydrogen) atoms. The highest BCUT2D eigenvalue weighted by Crippen LogP contribution is 2.26. The van der Waals surface area contributed by atoms with Crippen molar-refractivity contribution in [2.75, 3.05) is 26.3 Å². The third-order valence-electron chi connectivity index (χ3n) is 2.92. The Labute approximate surface area is 90.3 Å². The molecule has 1 radical (unpaired) electrons. The van der Waals surface area contributed by atoms with Crippen molar-refractivity contribution in [1.29, 1.82) is 0 Å². The lowest BCUT2D eigenvalue weighted by Gasteiger charge is -2.37. The maximum atomic E-state index is 12.5. The van der Waals surface area contributed by atoms with Gasteiger partial charge in [-0.3, -0.25) is 4.90 Å². The number of morpholine rings is 1. The Balaban J connectivity index is 2.18. The fourth-order valence-corrected chi connectivity index (χ4v) is 1.92. The summed E-state index contributed by atoms with van der Waals surface area (Å²) in [4.78, 5) is 1.94. The van der Waals surface area contributed by atoms with Crippen LogP contribution in [0.15, 0.2) is 30.3 Å². The van der Waals surface area contributed by atoms with Crippen molar-refractivity contribution in [3.63, 3.8) is 0 Å². The molecule has 1 atom stereocenters. The van der Waals surface area contributed by atoms with Crippen LogP contribution in [0.2, 0.25) is 0 Å². The largest absolute Gasteiger partial charge is 0.379 e. The molecule has 0 N–H and O–H groups in total. The molecule has 0 spiro atoms. The molecule has 1 saturated heterocycles. The standard InChI is InChI=1S/C12H16NO2/c1-12(14,11-5-3-2-4-6-11)13-7-9-15-10-8-13/h2-6H,7-10H2,1H3. The Morgan fingerprint density at radius 2 is 1.80 bits per heavy atom. The summed E-state index contributed by atoms with van der Waals surface area (Å²) in [6.45, 7) is 4.48. The molecule has 3 nitrogen and oxygen atoms in total. The second-order valence-electron chi connectivity index (χ2n) is 3.95. The summed E-state index contributed by atoms with van der Waals surface area (Å²) in [5.74, 6) is 0. The molecule has 1 aliphatic heterocycles. The van der Waals surface area contributed by atoms with Crippen LogP contribution in [-0.2, 0) is 15.6 Å². The van der Waals surface area contributed by atoms with E-state index in [1.165, 1.54) is 0 Å². The van der Waals surface area contributed by atoms with Crippen LogP contribution < -0.4 is 0 Å². The van der Waals surface area contributed by atoms with E-state index in [-0.39, 0.29) is 0 Å². The number of ether oxygens (including phenoxy) is 1. The molecule has 1 aromatic rings. The molecule has 1 unspecified atom stereocenters. The van der Waals surface area contributed by atoms with Crippen LogP contribution in [0.4, 0.5) is 0 Å². The summed E-state index contributed by atoms with van der Waals surface area (Å²) in [6.07, 6.45) is 0. The molecular formula is C12H16NO2. The molecule has 1 heterocycles. The van der Waals surface area contributed by atoms with Gasteiger partial charge in [0, 0.05) is 18.7 Å². The van der Waals surface area contributed by atoms with E-state index in [0.29, 0.717) is 13.2 Å². The Hall–Kier alpha value is -0.900. The molecule has 1 aliphatic rings. The van der Waals surface area contributed by atoms with Crippen LogP contribution in [0, 0.1) is 0 Å². The normalized spacial score (nSPS) is 22.3. The van der Waals surface area contributed by atoms with E-state index in [1.807, 2.05) is 35.2 Å². The fraction of sp³-hybridized carbons (Fsp3) is 0.500. The van der Waals surface area contributed by atoms with Crippen LogP contribution in [0.25, 0.3) is 0 Å². The second kappa shape index (κ2) is 4.31. The molecule has 1 aromatic carbocycles. The summed E-state index contributed by atoms with van der Waals surface area (Å²) in [6, 6.07) is 9.53. The highest BCUT2D eigenvalue weighted by atomic mass is 16.5. The summed E-state index contributed by atoms with van der Waals surface area (Å²) < 4.78 is 5.25. The third-order valence-corrected chi connectivity index (χ3v) is 2.92. The van der Waals surface area contributed by atoms with Crippen LogP contribution >= 0.6 is 0 Å². The molecular weight excluding hydrogens is 190 g/mol. The van der Waals surface area contributed by atoms with Gasteiger partial charge in [-0.05, 0) is 6.92 Å². The van der Waals surface area contributed by atoms with Gasteiger partial charge in [0.2, 0.25) is 0 Å². The predicted octanol–water partition coefficient (Wildman–Crippen LogP) is 1.62. The van der Waals surface area contributed by atoms with Gasteiger partial charge in [0.1, 0.15) is 0 Å². The van der Waals surface area contributed by atoms with Gasteiger partial charge in [-0.25, -0.2) is 5.11 Å². The average molecular weight is 206 g/mol. The first-order valence-corrected chi connectivity index (χ1v) is 5.30. The van der Waals surface area contributed by atoms with Crippen LogP contribution in [0.1, 0.15) is 12.5 Å². The number of rotatable bonds is 2. The third kappa shape index (κ3) is 2.20. The van der Waals surface area contributed by atoms with E-state index in [2.05, 4.69) is 0 Å². The van der Waals surface area contributed by atoms with Crippen molar-refractivity contribution < 1.29 is 9.84 Å². The lowest BCUT2D eigenvalue weighted by atomic mass is 10.0. The van der Waals surface area contributed by atoms with Crippen molar-refractivity contribution in [2.24, 2.45) is 0 Å². The molecule has 0 bridgehead atoms. The van der Waals surface area contributed by atoms with Crippen molar-refractivity contribution in [2.45, 2.75) is 12.6 Å². The lowest BCUT2D eigenvalue weighted by molar-refractivity contribution is -0.174. The highest BCUT2D eigenvalue weighted by Gasteiger charge is 2.33. The molecule has 81 valence electrons. The second-order valence-corrected chi connectivity index (χ2v) is 3.95. The minimum Gasteiger partial charge on any atom is -0.379 e. The Morgan fingerprint density at radius 1 is 1.20 bits per heavy atom. The zero-order valence-corrected chi connectivity index (χ0v) is 8.98. The van der Waals surface area contributed by atoms with Gasteiger partial charge in [-0.1, -0.05) is 30.3 Å². The highest BCUT2D eigenvalue weighted by molar-refractivity contribution is 5.20. The van der Waals surface area contributed by atoms with Gasteiger partial charge in [-0.15, -0.1) is 0 Å². The van der Waals surface area contributed by atoms with Gasteiger partial charge in [0.05, 0.1) is 13.2 Å². The Bertz CT molecular complexity index is 305. The van der Waals surface area contributed by atoms with Crippen LogP contribution in [0.3, 0.4) is 0 Å². The Morgan fingerprint density at radius 3 is 2.40 bits per heavy atom. The summed E-state index contributed by atoms with van der Waals surface area (Å²) in [5, 5.41) is 12.5.